The van der Waals surface area contributed by atoms with Gasteiger partial charge in [0.15, 0.2) is 0 Å². The van der Waals surface area contributed by atoms with Crippen LogP contribution in [0.25, 0.3) is 11.4 Å². The van der Waals surface area contributed by atoms with Gasteiger partial charge in [-0.25, -0.2) is 4.68 Å². The van der Waals surface area contributed by atoms with E-state index in [9.17, 15) is 4.79 Å². The van der Waals surface area contributed by atoms with Gasteiger partial charge in [-0.2, -0.15) is 5.10 Å². The number of pyridine rings is 1. The number of halogens is 1. The number of nitrogens with one attached hydrogen (secondary N) is 1. The summed E-state index contributed by atoms with van der Waals surface area (Å²) in [5, 5.41) is 7.63. The second-order valence-corrected chi connectivity index (χ2v) is 6.01. The van der Waals surface area contributed by atoms with Crippen LogP contribution >= 0.6 is 11.6 Å². The van der Waals surface area contributed by atoms with E-state index in [4.69, 9.17) is 11.6 Å². The van der Waals surface area contributed by atoms with Crippen molar-refractivity contribution in [2.24, 2.45) is 0 Å². The van der Waals surface area contributed by atoms with Crippen molar-refractivity contribution in [2.75, 3.05) is 0 Å². The topological polar surface area (TPSA) is 59.8 Å². The van der Waals surface area contributed by atoms with E-state index in [0.29, 0.717) is 22.1 Å². The minimum atomic E-state index is -0.295. The zero-order valence-corrected chi connectivity index (χ0v) is 14.9. The van der Waals surface area contributed by atoms with Crippen molar-refractivity contribution in [3.05, 3.63) is 95.6 Å². The Labute approximate surface area is 156 Å². The molecule has 2 heterocycles. The van der Waals surface area contributed by atoms with Crippen molar-refractivity contribution in [2.45, 2.75) is 6.92 Å². The smallest absolute Gasteiger partial charge is 0.258 e. The number of hydrogen-bond donors (Lipinski definition) is 1. The molecular formula is C20H17ClN4O. The van der Waals surface area contributed by atoms with E-state index in [1.54, 1.807) is 29.1 Å². The molecule has 0 aliphatic heterocycles. The number of allylic oxidation sites excluding steroid dienone is 2. The Morgan fingerprint density at radius 3 is 2.50 bits per heavy atom. The summed E-state index contributed by atoms with van der Waals surface area (Å²) in [5.74, 6) is 0.161. The van der Waals surface area contributed by atoms with E-state index in [0.717, 1.165) is 11.1 Å². The molecule has 3 aromatic rings. The predicted octanol–water partition coefficient (Wildman–Crippen LogP) is 4.18. The second-order valence-electron chi connectivity index (χ2n) is 5.61. The summed E-state index contributed by atoms with van der Waals surface area (Å²) in [6, 6.07) is 13.1. The molecule has 1 aromatic carbocycles. The van der Waals surface area contributed by atoms with Crippen LogP contribution in [-0.2, 0) is 0 Å². The first-order valence-corrected chi connectivity index (χ1v) is 8.32. The van der Waals surface area contributed by atoms with Crippen molar-refractivity contribution in [1.82, 2.24) is 20.1 Å². The standard InChI is InChI=1S/C20H17ClN4O/c1-14(16-7-4-3-5-8-16)11-19(25-15(2)18(21)13-23-25)24-20(26)17-9-6-10-22-12-17/h3-13H,1H2,2H3,(H,24,26)/b19-11-. The molecule has 3 rings (SSSR count). The Morgan fingerprint density at radius 1 is 1.15 bits per heavy atom. The highest BCUT2D eigenvalue weighted by molar-refractivity contribution is 6.31. The lowest BCUT2D eigenvalue weighted by Gasteiger charge is -2.13. The van der Waals surface area contributed by atoms with Gasteiger partial charge in [-0.1, -0.05) is 48.5 Å². The third kappa shape index (κ3) is 3.90. The first-order valence-electron chi connectivity index (χ1n) is 7.94. The number of amides is 1. The zero-order valence-electron chi connectivity index (χ0n) is 14.2. The van der Waals surface area contributed by atoms with Crippen LogP contribution in [-0.4, -0.2) is 20.7 Å². The Kier molecular flexibility index (Phi) is 5.29. The summed E-state index contributed by atoms with van der Waals surface area (Å²) < 4.78 is 1.57. The molecule has 0 saturated heterocycles. The van der Waals surface area contributed by atoms with Crippen molar-refractivity contribution in [3.63, 3.8) is 0 Å². The molecule has 0 spiro atoms. The number of hydrogen-bond acceptors (Lipinski definition) is 3. The van der Waals surface area contributed by atoms with Crippen molar-refractivity contribution in [3.8, 4) is 0 Å². The average Bonchev–Trinajstić information content (AvgIpc) is 3.01. The predicted molar refractivity (Wildman–Crippen MR) is 103 cm³/mol. The summed E-state index contributed by atoms with van der Waals surface area (Å²) in [4.78, 5) is 16.5. The molecule has 0 bridgehead atoms. The molecule has 0 aliphatic rings. The molecule has 1 N–H and O–H groups in total. The molecule has 0 fully saturated rings. The van der Waals surface area contributed by atoms with E-state index >= 15 is 0 Å². The Hall–Kier alpha value is -3.18. The lowest BCUT2D eigenvalue weighted by Crippen LogP contribution is -2.26. The number of benzene rings is 1. The molecule has 0 radical (unpaired) electrons. The third-order valence-electron chi connectivity index (χ3n) is 3.80. The molecule has 0 unspecified atom stereocenters. The molecule has 5 nitrogen and oxygen atoms in total. The molecule has 0 saturated carbocycles. The molecule has 1 amide bonds. The molecule has 130 valence electrons. The molecular weight excluding hydrogens is 348 g/mol. The third-order valence-corrected chi connectivity index (χ3v) is 4.17. The van der Waals surface area contributed by atoms with Gasteiger partial charge >= 0.3 is 0 Å². The summed E-state index contributed by atoms with van der Waals surface area (Å²) in [7, 11) is 0. The van der Waals surface area contributed by atoms with Gasteiger partial charge in [0.2, 0.25) is 0 Å². The normalized spacial score (nSPS) is 11.2. The fourth-order valence-electron chi connectivity index (χ4n) is 2.37. The quantitative estimate of drug-likeness (QED) is 0.691. The number of carbonyl (C=O) groups is 1. The van der Waals surface area contributed by atoms with Crippen LogP contribution < -0.4 is 5.32 Å². The molecule has 0 aliphatic carbocycles. The number of carbonyl (C=O) groups excluding carboxylic acids is 1. The van der Waals surface area contributed by atoms with Crippen molar-refractivity contribution >= 4 is 28.9 Å². The Morgan fingerprint density at radius 2 is 1.88 bits per heavy atom. The Bertz CT molecular complexity index is 962. The van der Waals surface area contributed by atoms with Gasteiger partial charge in [-0.3, -0.25) is 9.78 Å². The fraction of sp³-hybridized carbons (Fsp3) is 0.0500. The van der Waals surface area contributed by atoms with Crippen LogP contribution in [0.2, 0.25) is 5.02 Å². The highest BCUT2D eigenvalue weighted by Gasteiger charge is 2.14. The van der Waals surface area contributed by atoms with Gasteiger partial charge in [0.05, 0.1) is 22.5 Å². The lowest BCUT2D eigenvalue weighted by atomic mass is 10.1. The maximum absolute atomic E-state index is 12.6. The largest absolute Gasteiger partial charge is 0.306 e. The first-order chi connectivity index (χ1) is 12.6. The van der Waals surface area contributed by atoms with E-state index in [-0.39, 0.29) is 5.91 Å². The van der Waals surface area contributed by atoms with Crippen LogP contribution in [0.5, 0.6) is 0 Å². The van der Waals surface area contributed by atoms with Crippen molar-refractivity contribution in [1.29, 1.82) is 0 Å². The number of nitrogens with zero attached hydrogens (tertiary/aromatic N) is 3. The van der Waals surface area contributed by atoms with Gasteiger partial charge in [0, 0.05) is 12.4 Å². The average molecular weight is 365 g/mol. The molecule has 0 atom stereocenters. The molecule has 2 aromatic heterocycles. The van der Waals surface area contributed by atoms with Gasteiger partial charge in [0.25, 0.3) is 5.91 Å². The van der Waals surface area contributed by atoms with Gasteiger partial charge in [-0.15, -0.1) is 0 Å². The van der Waals surface area contributed by atoms with Crippen LogP contribution in [0.4, 0.5) is 0 Å². The molecule has 26 heavy (non-hydrogen) atoms. The highest BCUT2D eigenvalue weighted by Crippen LogP contribution is 2.20. The highest BCUT2D eigenvalue weighted by atomic mass is 35.5. The zero-order chi connectivity index (χ0) is 18.5. The van der Waals surface area contributed by atoms with Crippen molar-refractivity contribution < 1.29 is 4.79 Å². The summed E-state index contributed by atoms with van der Waals surface area (Å²) in [6.07, 6.45) is 6.41. The first kappa shape index (κ1) is 17.6. The monoisotopic (exact) mass is 364 g/mol. The van der Waals surface area contributed by atoms with Crippen LogP contribution in [0.1, 0.15) is 21.6 Å². The molecule has 6 heteroatoms. The SMILES string of the molecule is C=C(/C=C(/NC(=O)c1cccnc1)n1ncc(Cl)c1C)c1ccccc1. The van der Waals surface area contributed by atoms with E-state index in [1.807, 2.05) is 37.3 Å². The summed E-state index contributed by atoms with van der Waals surface area (Å²) in [6.45, 7) is 5.92. The Balaban J connectivity index is 1.97. The number of rotatable bonds is 5. The van der Waals surface area contributed by atoms with Crippen LogP contribution in [0.3, 0.4) is 0 Å². The van der Waals surface area contributed by atoms with Gasteiger partial charge in [0.1, 0.15) is 5.82 Å². The summed E-state index contributed by atoms with van der Waals surface area (Å²) >= 11 is 6.12. The van der Waals surface area contributed by atoms with E-state index < -0.39 is 0 Å². The van der Waals surface area contributed by atoms with E-state index in [2.05, 4.69) is 22.0 Å². The second kappa shape index (κ2) is 7.80. The maximum atomic E-state index is 12.6. The summed E-state index contributed by atoms with van der Waals surface area (Å²) in [5.41, 5.74) is 2.83. The van der Waals surface area contributed by atoms with Crippen LogP contribution in [0, 0.1) is 6.92 Å². The lowest BCUT2D eigenvalue weighted by molar-refractivity contribution is 0.0971. The maximum Gasteiger partial charge on any atom is 0.258 e. The number of aromatic nitrogens is 3. The fourth-order valence-corrected chi connectivity index (χ4v) is 2.49. The van der Waals surface area contributed by atoms with Crippen LogP contribution in [0.15, 0.2) is 73.7 Å². The van der Waals surface area contributed by atoms with Gasteiger partial charge in [-0.05, 0) is 36.3 Å². The van der Waals surface area contributed by atoms with E-state index in [1.165, 1.54) is 12.4 Å². The minimum absolute atomic E-state index is 0.295. The van der Waals surface area contributed by atoms with Gasteiger partial charge < -0.3 is 5.32 Å². The minimum Gasteiger partial charge on any atom is -0.306 e.